The van der Waals surface area contributed by atoms with E-state index in [9.17, 15) is 4.79 Å². The number of esters is 1. The zero-order valence-electron chi connectivity index (χ0n) is 16.7. The van der Waals surface area contributed by atoms with E-state index < -0.39 is 0 Å². The fourth-order valence-corrected chi connectivity index (χ4v) is 5.38. The largest absolute Gasteiger partial charge is 0.462 e. The smallest absolute Gasteiger partial charge is 0.309 e. The summed E-state index contributed by atoms with van der Waals surface area (Å²) in [6.45, 7) is 4.76. The molecule has 0 radical (unpaired) electrons. The summed E-state index contributed by atoms with van der Waals surface area (Å²) in [4.78, 5) is 12.4. The lowest BCUT2D eigenvalue weighted by Gasteiger charge is -2.32. The van der Waals surface area contributed by atoms with Crippen LogP contribution in [0.5, 0.6) is 0 Å². The SMILES string of the molecule is CC1CCC(CCC2CCC(CCC3CCC(C)CC3)C(=O)O2)CC1. The second kappa shape index (κ2) is 9.42. The number of rotatable bonds is 6. The molecule has 2 saturated carbocycles. The van der Waals surface area contributed by atoms with E-state index >= 15 is 0 Å². The molecular formula is C23H40O2. The van der Waals surface area contributed by atoms with Crippen molar-refractivity contribution in [3.8, 4) is 0 Å². The predicted molar refractivity (Wildman–Crippen MR) is 103 cm³/mol. The third-order valence-corrected chi connectivity index (χ3v) is 7.54. The molecule has 2 aliphatic carbocycles. The van der Waals surface area contributed by atoms with Crippen molar-refractivity contribution in [1.29, 1.82) is 0 Å². The van der Waals surface area contributed by atoms with Gasteiger partial charge in [-0.3, -0.25) is 4.79 Å². The first kappa shape index (κ1) is 19.2. The number of cyclic esters (lactones) is 1. The molecule has 0 aromatic carbocycles. The molecule has 0 bridgehead atoms. The average molecular weight is 349 g/mol. The van der Waals surface area contributed by atoms with Crippen LogP contribution >= 0.6 is 0 Å². The molecule has 2 heteroatoms. The van der Waals surface area contributed by atoms with E-state index in [0.717, 1.165) is 49.4 Å². The molecule has 0 aromatic heterocycles. The van der Waals surface area contributed by atoms with E-state index in [1.807, 2.05) is 0 Å². The highest BCUT2D eigenvalue weighted by molar-refractivity contribution is 5.73. The molecule has 2 atom stereocenters. The van der Waals surface area contributed by atoms with Gasteiger partial charge in [0.05, 0.1) is 5.92 Å². The van der Waals surface area contributed by atoms with Gasteiger partial charge >= 0.3 is 5.97 Å². The predicted octanol–water partition coefficient (Wildman–Crippen LogP) is 6.52. The quantitative estimate of drug-likeness (QED) is 0.511. The summed E-state index contributed by atoms with van der Waals surface area (Å²) in [7, 11) is 0. The molecule has 3 rings (SSSR count). The summed E-state index contributed by atoms with van der Waals surface area (Å²) >= 11 is 0. The summed E-state index contributed by atoms with van der Waals surface area (Å²) in [5, 5.41) is 0. The van der Waals surface area contributed by atoms with Crippen LogP contribution in [-0.2, 0) is 9.53 Å². The zero-order chi connectivity index (χ0) is 17.6. The van der Waals surface area contributed by atoms with Gasteiger partial charge in [-0.15, -0.1) is 0 Å². The molecule has 3 aliphatic rings. The van der Waals surface area contributed by atoms with Crippen molar-refractivity contribution in [3.63, 3.8) is 0 Å². The van der Waals surface area contributed by atoms with Gasteiger partial charge in [0, 0.05) is 0 Å². The molecule has 25 heavy (non-hydrogen) atoms. The highest BCUT2D eigenvalue weighted by Crippen LogP contribution is 2.36. The van der Waals surface area contributed by atoms with Crippen LogP contribution in [0.2, 0.25) is 0 Å². The van der Waals surface area contributed by atoms with Gasteiger partial charge < -0.3 is 4.74 Å². The van der Waals surface area contributed by atoms with Gasteiger partial charge in [0.1, 0.15) is 6.10 Å². The number of carbonyl (C=O) groups is 1. The summed E-state index contributed by atoms with van der Waals surface area (Å²) in [5.41, 5.74) is 0. The number of hydrogen-bond donors (Lipinski definition) is 0. The average Bonchev–Trinajstić information content (AvgIpc) is 2.62. The van der Waals surface area contributed by atoms with Crippen molar-refractivity contribution in [2.24, 2.45) is 29.6 Å². The van der Waals surface area contributed by atoms with Gasteiger partial charge in [0.15, 0.2) is 0 Å². The molecule has 2 unspecified atom stereocenters. The van der Waals surface area contributed by atoms with E-state index in [1.165, 1.54) is 64.2 Å². The van der Waals surface area contributed by atoms with Crippen molar-refractivity contribution in [1.82, 2.24) is 0 Å². The number of ether oxygens (including phenoxy) is 1. The Bertz CT molecular complexity index is 402. The highest BCUT2D eigenvalue weighted by Gasteiger charge is 2.31. The maximum atomic E-state index is 12.4. The lowest BCUT2D eigenvalue weighted by atomic mass is 9.78. The Morgan fingerprint density at radius 1 is 0.680 bits per heavy atom. The Balaban J connectivity index is 1.31. The van der Waals surface area contributed by atoms with Crippen molar-refractivity contribution in [3.05, 3.63) is 0 Å². The van der Waals surface area contributed by atoms with Gasteiger partial charge in [0.25, 0.3) is 0 Å². The standard InChI is InChI=1S/C23H40O2/c1-17-3-7-19(8-4-17)11-13-21-14-16-22(25-23(21)24)15-12-20-9-5-18(2)6-10-20/h17-22H,3-16H2,1-2H3. The maximum Gasteiger partial charge on any atom is 0.309 e. The van der Waals surface area contributed by atoms with Crippen LogP contribution in [0.3, 0.4) is 0 Å². The second-order valence-corrected chi connectivity index (χ2v) is 9.74. The lowest BCUT2D eigenvalue weighted by molar-refractivity contribution is -0.161. The van der Waals surface area contributed by atoms with Crippen molar-refractivity contribution in [2.75, 3.05) is 0 Å². The van der Waals surface area contributed by atoms with Gasteiger partial charge in [-0.05, 0) is 62.2 Å². The molecule has 1 aliphatic heterocycles. The molecule has 3 fully saturated rings. The summed E-state index contributed by atoms with van der Waals surface area (Å²) in [6, 6.07) is 0. The number of carbonyl (C=O) groups excluding carboxylic acids is 1. The summed E-state index contributed by atoms with van der Waals surface area (Å²) < 4.78 is 5.83. The van der Waals surface area contributed by atoms with E-state index in [-0.39, 0.29) is 18.0 Å². The minimum Gasteiger partial charge on any atom is -0.462 e. The molecule has 0 N–H and O–H groups in total. The molecule has 0 spiro atoms. The van der Waals surface area contributed by atoms with E-state index in [0.29, 0.717) is 0 Å². The summed E-state index contributed by atoms with van der Waals surface area (Å²) in [5.74, 6) is 3.93. The molecule has 2 nitrogen and oxygen atoms in total. The van der Waals surface area contributed by atoms with E-state index in [1.54, 1.807) is 0 Å². The van der Waals surface area contributed by atoms with Crippen LogP contribution in [0.15, 0.2) is 0 Å². The van der Waals surface area contributed by atoms with Crippen LogP contribution in [0, 0.1) is 29.6 Å². The third kappa shape index (κ3) is 6.00. The third-order valence-electron chi connectivity index (χ3n) is 7.54. The zero-order valence-corrected chi connectivity index (χ0v) is 16.7. The highest BCUT2D eigenvalue weighted by atomic mass is 16.5. The van der Waals surface area contributed by atoms with Crippen molar-refractivity contribution < 1.29 is 9.53 Å². The second-order valence-electron chi connectivity index (χ2n) is 9.74. The molecule has 1 heterocycles. The molecule has 0 amide bonds. The maximum absolute atomic E-state index is 12.4. The molecule has 0 aromatic rings. The van der Waals surface area contributed by atoms with E-state index in [4.69, 9.17) is 4.74 Å². The Morgan fingerprint density at radius 2 is 1.20 bits per heavy atom. The first-order chi connectivity index (χ1) is 12.1. The Kier molecular flexibility index (Phi) is 7.25. The molecule has 1 saturated heterocycles. The molecular weight excluding hydrogens is 308 g/mol. The lowest BCUT2D eigenvalue weighted by Crippen LogP contribution is -2.32. The summed E-state index contributed by atoms with van der Waals surface area (Å²) in [6.07, 6.45) is 18.2. The van der Waals surface area contributed by atoms with Gasteiger partial charge in [-0.2, -0.15) is 0 Å². The normalized spacial score (nSPS) is 39.8. The van der Waals surface area contributed by atoms with Crippen LogP contribution in [0.4, 0.5) is 0 Å². The minimum atomic E-state index is 0.123. The monoisotopic (exact) mass is 348 g/mol. The number of hydrogen-bond acceptors (Lipinski definition) is 2. The fourth-order valence-electron chi connectivity index (χ4n) is 5.38. The van der Waals surface area contributed by atoms with E-state index in [2.05, 4.69) is 13.8 Å². The van der Waals surface area contributed by atoms with Gasteiger partial charge in [-0.25, -0.2) is 0 Å². The van der Waals surface area contributed by atoms with Gasteiger partial charge in [0.2, 0.25) is 0 Å². The molecule has 144 valence electrons. The van der Waals surface area contributed by atoms with Crippen molar-refractivity contribution in [2.45, 2.75) is 110 Å². The Hall–Kier alpha value is -0.530. The first-order valence-corrected chi connectivity index (χ1v) is 11.3. The van der Waals surface area contributed by atoms with Crippen LogP contribution in [0.25, 0.3) is 0 Å². The fraction of sp³-hybridized carbons (Fsp3) is 0.957. The topological polar surface area (TPSA) is 26.3 Å². The van der Waals surface area contributed by atoms with Gasteiger partial charge in [-0.1, -0.05) is 65.2 Å². The van der Waals surface area contributed by atoms with Crippen LogP contribution in [-0.4, -0.2) is 12.1 Å². The Morgan fingerprint density at radius 3 is 1.72 bits per heavy atom. The first-order valence-electron chi connectivity index (χ1n) is 11.3. The van der Waals surface area contributed by atoms with Crippen molar-refractivity contribution >= 4 is 5.97 Å². The van der Waals surface area contributed by atoms with Crippen LogP contribution < -0.4 is 0 Å². The minimum absolute atomic E-state index is 0.123. The Labute approximate surface area is 155 Å². The van der Waals surface area contributed by atoms with Crippen LogP contribution in [0.1, 0.15) is 104 Å².